The molecule has 0 bridgehead atoms. The van der Waals surface area contributed by atoms with Crippen LogP contribution in [0.25, 0.3) is 0 Å². The Morgan fingerprint density at radius 3 is 2.94 bits per heavy atom. The van der Waals surface area contributed by atoms with Crippen LogP contribution in [0.1, 0.15) is 28.8 Å². The molecule has 3 nitrogen and oxygen atoms in total. The molecule has 0 aromatic heterocycles. The minimum atomic E-state index is -1.07. The number of benzene rings is 1. The predicted molar refractivity (Wildman–Crippen MR) is 62.4 cm³/mol. The van der Waals surface area contributed by atoms with Crippen molar-refractivity contribution < 1.29 is 19.0 Å². The van der Waals surface area contributed by atoms with Gasteiger partial charge in [0.25, 0.3) is 0 Å². The molecular weight excluding hydrogens is 223 g/mol. The van der Waals surface area contributed by atoms with E-state index in [1.807, 2.05) is 0 Å². The standard InChI is InChI=1S/C13H15FO3/c1-2-3-4-7-17-9-11-8-10(13(15)16)5-6-12(11)14/h2,5-6,8H,1,3-4,7,9H2,(H,15,16). The SMILES string of the molecule is C=CCCCOCc1cc(C(=O)O)ccc1F. The van der Waals surface area contributed by atoms with E-state index >= 15 is 0 Å². The molecule has 0 saturated carbocycles. The number of hydrogen-bond acceptors (Lipinski definition) is 2. The van der Waals surface area contributed by atoms with Gasteiger partial charge < -0.3 is 9.84 Å². The molecule has 0 aliphatic rings. The Balaban J connectivity index is 2.54. The number of carbonyl (C=O) groups is 1. The molecular formula is C13H15FO3. The summed E-state index contributed by atoms with van der Waals surface area (Å²) >= 11 is 0. The smallest absolute Gasteiger partial charge is 0.335 e. The molecule has 0 atom stereocenters. The van der Waals surface area contributed by atoms with E-state index in [1.165, 1.54) is 12.1 Å². The molecule has 0 unspecified atom stereocenters. The first kappa shape index (κ1) is 13.4. The zero-order chi connectivity index (χ0) is 12.7. The fourth-order valence-corrected chi connectivity index (χ4v) is 1.33. The van der Waals surface area contributed by atoms with Crippen LogP contribution >= 0.6 is 0 Å². The summed E-state index contributed by atoms with van der Waals surface area (Å²) in [5.74, 6) is -1.52. The van der Waals surface area contributed by atoms with Gasteiger partial charge in [0.1, 0.15) is 5.82 Å². The maximum Gasteiger partial charge on any atom is 0.335 e. The third-order valence-electron chi connectivity index (χ3n) is 2.25. The number of halogens is 1. The molecule has 1 N–H and O–H groups in total. The molecule has 0 aliphatic heterocycles. The van der Waals surface area contributed by atoms with Crippen molar-refractivity contribution in [2.45, 2.75) is 19.4 Å². The minimum absolute atomic E-state index is 0.0658. The molecule has 0 saturated heterocycles. The minimum Gasteiger partial charge on any atom is -0.478 e. The summed E-state index contributed by atoms with van der Waals surface area (Å²) in [7, 11) is 0. The second-order valence-electron chi connectivity index (χ2n) is 3.59. The van der Waals surface area contributed by atoms with Crippen LogP contribution in [0.4, 0.5) is 4.39 Å². The first-order chi connectivity index (χ1) is 8.15. The van der Waals surface area contributed by atoms with Crippen molar-refractivity contribution in [3.8, 4) is 0 Å². The van der Waals surface area contributed by atoms with Gasteiger partial charge in [0, 0.05) is 12.2 Å². The fraction of sp³-hybridized carbons (Fsp3) is 0.308. The van der Waals surface area contributed by atoms with Crippen LogP contribution in [0.2, 0.25) is 0 Å². The number of allylic oxidation sites excluding steroid dienone is 1. The van der Waals surface area contributed by atoms with Gasteiger partial charge in [-0.15, -0.1) is 6.58 Å². The van der Waals surface area contributed by atoms with Crippen LogP contribution in [-0.2, 0) is 11.3 Å². The van der Waals surface area contributed by atoms with Gasteiger partial charge in [-0.2, -0.15) is 0 Å². The lowest BCUT2D eigenvalue weighted by molar-refractivity contribution is 0.0696. The molecule has 1 aromatic carbocycles. The summed E-state index contributed by atoms with van der Waals surface area (Å²) < 4.78 is 18.6. The summed E-state index contributed by atoms with van der Waals surface area (Å²) in [6.45, 7) is 4.17. The molecule has 17 heavy (non-hydrogen) atoms. The zero-order valence-electron chi connectivity index (χ0n) is 9.49. The largest absolute Gasteiger partial charge is 0.478 e. The van der Waals surface area contributed by atoms with E-state index in [-0.39, 0.29) is 17.7 Å². The summed E-state index contributed by atoms with van der Waals surface area (Å²) in [6, 6.07) is 3.68. The van der Waals surface area contributed by atoms with E-state index in [4.69, 9.17) is 9.84 Å². The van der Waals surface area contributed by atoms with E-state index < -0.39 is 11.8 Å². The van der Waals surface area contributed by atoms with Gasteiger partial charge >= 0.3 is 5.97 Å². The lowest BCUT2D eigenvalue weighted by Crippen LogP contribution is -2.02. The maximum absolute atomic E-state index is 13.3. The summed E-state index contributed by atoms with van der Waals surface area (Å²) in [5.41, 5.74) is 0.333. The predicted octanol–water partition coefficient (Wildman–Crippen LogP) is 3.01. The van der Waals surface area contributed by atoms with Crippen LogP contribution in [0.5, 0.6) is 0 Å². The maximum atomic E-state index is 13.3. The Labute approximate surface area is 99.5 Å². The molecule has 4 heteroatoms. The normalized spacial score (nSPS) is 10.2. The Morgan fingerprint density at radius 2 is 2.29 bits per heavy atom. The molecule has 92 valence electrons. The average molecular weight is 238 g/mol. The van der Waals surface area contributed by atoms with Crippen LogP contribution < -0.4 is 0 Å². The molecule has 1 aromatic rings. The van der Waals surface area contributed by atoms with Crippen molar-refractivity contribution in [1.82, 2.24) is 0 Å². The second-order valence-corrected chi connectivity index (χ2v) is 3.59. The Morgan fingerprint density at radius 1 is 1.53 bits per heavy atom. The summed E-state index contributed by atoms with van der Waals surface area (Å²) in [5, 5.41) is 8.77. The highest BCUT2D eigenvalue weighted by molar-refractivity contribution is 5.87. The van der Waals surface area contributed by atoms with Crippen LogP contribution in [-0.4, -0.2) is 17.7 Å². The van der Waals surface area contributed by atoms with E-state index in [0.717, 1.165) is 18.9 Å². The third-order valence-corrected chi connectivity index (χ3v) is 2.25. The van der Waals surface area contributed by atoms with Gasteiger partial charge in [0.2, 0.25) is 0 Å². The van der Waals surface area contributed by atoms with Crippen LogP contribution in [0, 0.1) is 5.82 Å². The third kappa shape index (κ3) is 4.36. The average Bonchev–Trinajstić information content (AvgIpc) is 2.30. The quantitative estimate of drug-likeness (QED) is 0.586. The number of ether oxygens (including phenoxy) is 1. The lowest BCUT2D eigenvalue weighted by atomic mass is 10.1. The number of rotatable bonds is 7. The zero-order valence-corrected chi connectivity index (χ0v) is 9.49. The van der Waals surface area contributed by atoms with Crippen LogP contribution in [0.3, 0.4) is 0 Å². The van der Waals surface area contributed by atoms with Crippen molar-refractivity contribution in [2.24, 2.45) is 0 Å². The fourth-order valence-electron chi connectivity index (χ4n) is 1.33. The lowest BCUT2D eigenvalue weighted by Gasteiger charge is -2.06. The van der Waals surface area contributed by atoms with Gasteiger partial charge in [-0.3, -0.25) is 0 Å². The van der Waals surface area contributed by atoms with Crippen molar-refractivity contribution in [2.75, 3.05) is 6.61 Å². The first-order valence-electron chi connectivity index (χ1n) is 5.35. The van der Waals surface area contributed by atoms with E-state index in [2.05, 4.69) is 6.58 Å². The highest BCUT2D eigenvalue weighted by Gasteiger charge is 2.08. The Hall–Kier alpha value is -1.68. The number of aromatic carboxylic acids is 1. The van der Waals surface area contributed by atoms with Gasteiger partial charge in [0.15, 0.2) is 0 Å². The van der Waals surface area contributed by atoms with Gasteiger partial charge in [-0.05, 0) is 31.0 Å². The highest BCUT2D eigenvalue weighted by Crippen LogP contribution is 2.12. The van der Waals surface area contributed by atoms with Crippen molar-refractivity contribution in [1.29, 1.82) is 0 Å². The number of carboxylic acids is 1. The van der Waals surface area contributed by atoms with Crippen molar-refractivity contribution in [3.05, 3.63) is 47.8 Å². The molecule has 1 rings (SSSR count). The van der Waals surface area contributed by atoms with Crippen molar-refractivity contribution >= 4 is 5.97 Å². The van der Waals surface area contributed by atoms with Crippen LogP contribution in [0.15, 0.2) is 30.9 Å². The topological polar surface area (TPSA) is 46.5 Å². The van der Waals surface area contributed by atoms with Gasteiger partial charge in [-0.1, -0.05) is 6.08 Å². The molecule has 0 spiro atoms. The molecule has 0 aliphatic carbocycles. The Bertz CT molecular complexity index is 402. The van der Waals surface area contributed by atoms with Crippen molar-refractivity contribution in [3.63, 3.8) is 0 Å². The molecule has 0 heterocycles. The number of carboxylic acid groups (broad SMARTS) is 1. The second kappa shape index (κ2) is 6.81. The van der Waals surface area contributed by atoms with E-state index in [1.54, 1.807) is 6.08 Å². The van der Waals surface area contributed by atoms with Gasteiger partial charge in [0.05, 0.1) is 12.2 Å². The van der Waals surface area contributed by atoms with Gasteiger partial charge in [-0.25, -0.2) is 9.18 Å². The molecule has 0 radical (unpaired) electrons. The first-order valence-corrected chi connectivity index (χ1v) is 5.35. The monoisotopic (exact) mass is 238 g/mol. The summed E-state index contributed by atoms with van der Waals surface area (Å²) in [4.78, 5) is 10.7. The number of unbranched alkanes of at least 4 members (excludes halogenated alkanes) is 1. The molecule has 0 fully saturated rings. The highest BCUT2D eigenvalue weighted by atomic mass is 19.1. The number of hydrogen-bond donors (Lipinski definition) is 1. The summed E-state index contributed by atoms with van der Waals surface area (Å²) in [6.07, 6.45) is 3.45. The molecule has 0 amide bonds. The van der Waals surface area contributed by atoms with E-state index in [0.29, 0.717) is 6.61 Å². The Kier molecular flexibility index (Phi) is 5.36. The van der Waals surface area contributed by atoms with E-state index in [9.17, 15) is 9.18 Å².